The molecule has 0 saturated carbocycles. The van der Waals surface area contributed by atoms with Crippen molar-refractivity contribution in [2.75, 3.05) is 10.6 Å². The molecule has 214 valence electrons. The summed E-state index contributed by atoms with van der Waals surface area (Å²) in [7, 11) is -4.00. The van der Waals surface area contributed by atoms with Crippen LogP contribution in [0.15, 0.2) is 65.8 Å². The summed E-state index contributed by atoms with van der Waals surface area (Å²) in [4.78, 5) is 25.9. The third-order valence-corrected chi connectivity index (χ3v) is 9.74. The highest BCUT2D eigenvalue weighted by Crippen LogP contribution is 2.35. The van der Waals surface area contributed by atoms with Gasteiger partial charge >= 0.3 is 0 Å². The Morgan fingerprint density at radius 3 is 2.29 bits per heavy atom. The van der Waals surface area contributed by atoms with Gasteiger partial charge in [0.15, 0.2) is 9.84 Å². The minimum absolute atomic E-state index is 0.00195. The number of nitrogens with zero attached hydrogens (tertiary/aromatic N) is 2. The number of anilines is 2. The average Bonchev–Trinajstić information content (AvgIpc) is 3.41. The molecule has 14 heteroatoms. The fraction of sp³-hybridized carbons (Fsp3) is 0.148. The summed E-state index contributed by atoms with van der Waals surface area (Å²) < 4.78 is 27.6. The molecule has 41 heavy (non-hydrogen) atoms. The molecule has 0 radical (unpaired) electrons. The van der Waals surface area contributed by atoms with E-state index in [-0.39, 0.29) is 48.3 Å². The van der Waals surface area contributed by atoms with Crippen molar-refractivity contribution in [3.05, 3.63) is 92.1 Å². The molecule has 0 bridgehead atoms. The Balaban J connectivity index is 1.51. The highest BCUT2D eigenvalue weighted by atomic mass is 35.5. The first-order valence-electron chi connectivity index (χ1n) is 12.0. The minimum Gasteiger partial charge on any atom is -0.506 e. The van der Waals surface area contributed by atoms with E-state index in [0.29, 0.717) is 5.69 Å². The van der Waals surface area contributed by atoms with Crippen LogP contribution in [0.5, 0.6) is 5.75 Å². The maximum Gasteiger partial charge on any atom is 0.258 e. The normalized spacial score (nSPS) is 12.1. The number of hydrogen-bond donors (Lipinski definition) is 3. The number of sulfone groups is 1. The van der Waals surface area contributed by atoms with E-state index < -0.39 is 32.7 Å². The lowest BCUT2D eigenvalue weighted by atomic mass is 10.2. The molecule has 0 aliphatic heterocycles. The Morgan fingerprint density at radius 1 is 0.976 bits per heavy atom. The number of aromatic hydroxyl groups is 1. The van der Waals surface area contributed by atoms with Gasteiger partial charge in [0, 0.05) is 12.3 Å². The topological polar surface area (TPSA) is 130 Å². The van der Waals surface area contributed by atoms with Crippen molar-refractivity contribution < 1.29 is 23.1 Å². The number of carbonyl (C=O) groups excluding carboxylic acids is 2. The van der Waals surface area contributed by atoms with Gasteiger partial charge in [-0.2, -0.15) is 5.10 Å². The molecule has 1 unspecified atom stereocenters. The van der Waals surface area contributed by atoms with Gasteiger partial charge in [-0.25, -0.2) is 13.1 Å². The van der Waals surface area contributed by atoms with Gasteiger partial charge in [0.05, 0.1) is 53.8 Å². The molecular formula is C27H22Cl4N4O5S. The number of carbonyl (C=O) groups is 2. The molecule has 4 aromatic rings. The summed E-state index contributed by atoms with van der Waals surface area (Å²) in [5.74, 6) is -1.86. The van der Waals surface area contributed by atoms with E-state index in [4.69, 9.17) is 46.4 Å². The second kappa shape index (κ2) is 12.3. The monoisotopic (exact) mass is 654 g/mol. The van der Waals surface area contributed by atoms with Crippen LogP contribution in [0.1, 0.15) is 29.3 Å². The maximum absolute atomic E-state index is 13.1. The predicted molar refractivity (Wildman–Crippen MR) is 161 cm³/mol. The summed E-state index contributed by atoms with van der Waals surface area (Å²) in [6.45, 7) is 3.33. The lowest BCUT2D eigenvalue weighted by Crippen LogP contribution is -2.34. The first-order chi connectivity index (χ1) is 19.3. The Labute approximate surface area is 255 Å². The van der Waals surface area contributed by atoms with Crippen LogP contribution in [0.3, 0.4) is 0 Å². The summed E-state index contributed by atoms with van der Waals surface area (Å²) >= 11 is 24.4. The number of rotatable bonds is 8. The third-order valence-electron chi connectivity index (χ3n) is 6.03. The van der Waals surface area contributed by atoms with Crippen LogP contribution >= 0.6 is 46.4 Å². The highest BCUT2D eigenvalue weighted by molar-refractivity contribution is 7.92. The first kappa shape index (κ1) is 30.7. The zero-order chi connectivity index (χ0) is 30.1. The zero-order valence-electron chi connectivity index (χ0n) is 21.5. The molecule has 0 spiro atoms. The maximum atomic E-state index is 13.1. The summed E-state index contributed by atoms with van der Waals surface area (Å²) in [5, 5.41) is 18.8. The Morgan fingerprint density at radius 2 is 1.66 bits per heavy atom. The number of aryl methyl sites for hydroxylation is 1. The van der Waals surface area contributed by atoms with Crippen molar-refractivity contribution in [2.45, 2.75) is 30.4 Å². The van der Waals surface area contributed by atoms with Gasteiger partial charge in [-0.3, -0.25) is 9.59 Å². The number of hydrogen-bond acceptors (Lipinski definition) is 6. The Bertz CT molecular complexity index is 1750. The Kier molecular flexibility index (Phi) is 9.20. The number of phenolic OH excluding ortho intramolecular Hbond substituents is 1. The van der Waals surface area contributed by atoms with Crippen molar-refractivity contribution in [1.82, 2.24) is 9.78 Å². The number of amides is 2. The predicted octanol–water partition coefficient (Wildman–Crippen LogP) is 6.94. The van der Waals surface area contributed by atoms with Crippen molar-refractivity contribution in [3.63, 3.8) is 0 Å². The summed E-state index contributed by atoms with van der Waals surface area (Å²) in [5.41, 5.74) is 1.24. The molecule has 1 atom stereocenters. The van der Waals surface area contributed by atoms with E-state index in [0.717, 1.165) is 11.6 Å². The molecule has 0 aliphatic rings. The quantitative estimate of drug-likeness (QED) is 0.139. The summed E-state index contributed by atoms with van der Waals surface area (Å²) in [6.07, 6.45) is 2.71. The van der Waals surface area contributed by atoms with Gasteiger partial charge in [-0.15, -0.1) is 0 Å². The van der Waals surface area contributed by atoms with E-state index in [1.807, 2.05) is 0 Å². The smallest absolute Gasteiger partial charge is 0.258 e. The van der Waals surface area contributed by atoms with E-state index in [1.165, 1.54) is 47.4 Å². The van der Waals surface area contributed by atoms with Gasteiger partial charge in [-0.05, 0) is 49.2 Å². The van der Waals surface area contributed by atoms with Crippen LogP contribution in [0.4, 0.5) is 11.4 Å². The van der Waals surface area contributed by atoms with E-state index >= 15 is 0 Å². The molecule has 3 N–H and O–H groups in total. The number of phenols is 1. The van der Waals surface area contributed by atoms with Crippen LogP contribution in [0, 0.1) is 6.92 Å². The molecule has 1 heterocycles. The minimum atomic E-state index is -4.00. The highest BCUT2D eigenvalue weighted by Gasteiger charge is 2.33. The second-order valence-corrected chi connectivity index (χ2v) is 12.7. The molecule has 0 fully saturated rings. The standard InChI is InChI=1S/C27H22Cl4N4O5S/c1-3-24(41(39,40)17-6-4-5-14(2)7-17)27(38)33-21-11-23(36)22(10-18(21)28)34-26(37)15-12-32-35(13-15)16-8-19(29)25(31)20(30)9-16/h4-13,24,36H,3H2,1-2H3,(H,33,38)(H,34,37). The average molecular weight is 656 g/mol. The lowest BCUT2D eigenvalue weighted by molar-refractivity contribution is -0.115. The van der Waals surface area contributed by atoms with E-state index in [9.17, 15) is 23.1 Å². The molecule has 9 nitrogen and oxygen atoms in total. The SMILES string of the molecule is CCC(C(=O)Nc1cc(O)c(NC(=O)c2cnn(-c3cc(Cl)c(Cl)c(Cl)c3)c2)cc1Cl)S(=O)(=O)c1cccc(C)c1. The van der Waals surface area contributed by atoms with Crippen molar-refractivity contribution in [1.29, 1.82) is 0 Å². The van der Waals surface area contributed by atoms with Crippen LogP contribution in [-0.2, 0) is 14.6 Å². The van der Waals surface area contributed by atoms with Gasteiger partial charge in [-0.1, -0.05) is 65.5 Å². The molecule has 0 aliphatic carbocycles. The number of aromatic nitrogens is 2. The second-order valence-electron chi connectivity index (χ2n) is 8.95. The van der Waals surface area contributed by atoms with Crippen molar-refractivity contribution in [2.24, 2.45) is 0 Å². The van der Waals surface area contributed by atoms with Crippen LogP contribution in [-0.4, -0.2) is 40.4 Å². The molecule has 2 amide bonds. The van der Waals surface area contributed by atoms with E-state index in [2.05, 4.69) is 15.7 Å². The third kappa shape index (κ3) is 6.63. The molecular weight excluding hydrogens is 634 g/mol. The molecule has 1 aromatic heterocycles. The lowest BCUT2D eigenvalue weighted by Gasteiger charge is -2.18. The van der Waals surface area contributed by atoms with Crippen molar-refractivity contribution >= 4 is 79.4 Å². The van der Waals surface area contributed by atoms with Gasteiger partial charge < -0.3 is 15.7 Å². The van der Waals surface area contributed by atoms with Gasteiger partial charge in [0.2, 0.25) is 5.91 Å². The Hall–Kier alpha value is -3.28. The van der Waals surface area contributed by atoms with Crippen molar-refractivity contribution in [3.8, 4) is 11.4 Å². The molecule has 4 rings (SSSR count). The fourth-order valence-corrected chi connectivity index (χ4v) is 6.45. The number of nitrogens with one attached hydrogen (secondary N) is 2. The van der Waals surface area contributed by atoms with Crippen LogP contribution in [0.25, 0.3) is 5.69 Å². The molecule has 0 saturated heterocycles. The zero-order valence-corrected chi connectivity index (χ0v) is 25.3. The van der Waals surface area contributed by atoms with Crippen LogP contribution < -0.4 is 10.6 Å². The summed E-state index contributed by atoms with van der Waals surface area (Å²) in [6, 6.07) is 11.7. The first-order valence-corrected chi connectivity index (χ1v) is 15.0. The van der Waals surface area contributed by atoms with Crippen LogP contribution in [0.2, 0.25) is 20.1 Å². The van der Waals surface area contributed by atoms with E-state index in [1.54, 1.807) is 26.0 Å². The largest absolute Gasteiger partial charge is 0.506 e. The number of benzene rings is 3. The fourth-order valence-electron chi connectivity index (χ4n) is 3.92. The number of halogens is 4. The van der Waals surface area contributed by atoms with Gasteiger partial charge in [0.1, 0.15) is 11.0 Å². The van der Waals surface area contributed by atoms with Gasteiger partial charge in [0.25, 0.3) is 5.91 Å². The molecule has 3 aromatic carbocycles.